The first kappa shape index (κ1) is 16.9. The molecule has 0 aromatic heterocycles. The van der Waals surface area contributed by atoms with Crippen molar-refractivity contribution >= 4 is 15.9 Å². The van der Waals surface area contributed by atoms with Gasteiger partial charge < -0.3 is 4.90 Å². The molecule has 2 heterocycles. The summed E-state index contributed by atoms with van der Waals surface area (Å²) in [6, 6.07) is 0.138. The minimum Gasteiger partial charge on any atom is -0.337 e. The largest absolute Gasteiger partial charge is 0.337 e. The predicted octanol–water partition coefficient (Wildman–Crippen LogP) is 0.662. The standard InChI is InChI=1S/C16H27N3O3S/c1-4-8-17-10-11-19(13(2)3)15(20)16(17)7-9-18(12-16)23(21,22)14-5-6-14/h4,13-14H,1,5-12H2,2-3H3. The Morgan fingerprint density at radius 2 is 2.00 bits per heavy atom. The molecule has 0 aromatic carbocycles. The van der Waals surface area contributed by atoms with E-state index < -0.39 is 15.6 Å². The van der Waals surface area contributed by atoms with Crippen LogP contribution in [0.25, 0.3) is 0 Å². The lowest BCUT2D eigenvalue weighted by molar-refractivity contribution is -0.152. The van der Waals surface area contributed by atoms with Crippen LogP contribution in [0, 0.1) is 0 Å². The Morgan fingerprint density at radius 1 is 1.30 bits per heavy atom. The van der Waals surface area contributed by atoms with E-state index in [-0.39, 0.29) is 17.2 Å². The molecule has 1 atom stereocenters. The summed E-state index contributed by atoms with van der Waals surface area (Å²) in [7, 11) is -3.23. The maximum Gasteiger partial charge on any atom is 0.244 e. The Kier molecular flexibility index (Phi) is 4.31. The molecule has 0 aromatic rings. The highest BCUT2D eigenvalue weighted by Crippen LogP contribution is 2.39. The molecular formula is C16H27N3O3S. The van der Waals surface area contributed by atoms with E-state index in [1.807, 2.05) is 18.7 Å². The number of amides is 1. The second-order valence-corrected chi connectivity index (χ2v) is 9.40. The lowest BCUT2D eigenvalue weighted by atomic mass is 9.90. The maximum atomic E-state index is 13.2. The first-order chi connectivity index (χ1) is 10.8. The van der Waals surface area contributed by atoms with Crippen LogP contribution < -0.4 is 0 Å². The number of hydrogen-bond acceptors (Lipinski definition) is 4. The van der Waals surface area contributed by atoms with E-state index in [1.165, 1.54) is 0 Å². The van der Waals surface area contributed by atoms with Gasteiger partial charge in [0.15, 0.2) is 0 Å². The molecule has 130 valence electrons. The molecule has 2 saturated heterocycles. The third-order valence-electron chi connectivity index (χ3n) is 5.37. The first-order valence-corrected chi connectivity index (χ1v) is 9.99. The molecule has 7 heteroatoms. The zero-order chi connectivity index (χ0) is 16.8. The van der Waals surface area contributed by atoms with E-state index in [2.05, 4.69) is 11.5 Å². The molecule has 1 aliphatic carbocycles. The molecule has 0 N–H and O–H groups in total. The van der Waals surface area contributed by atoms with Crippen molar-refractivity contribution in [1.29, 1.82) is 0 Å². The van der Waals surface area contributed by atoms with Crippen molar-refractivity contribution in [3.63, 3.8) is 0 Å². The Morgan fingerprint density at radius 3 is 2.57 bits per heavy atom. The van der Waals surface area contributed by atoms with Gasteiger partial charge in [0.25, 0.3) is 0 Å². The van der Waals surface area contributed by atoms with Crippen LogP contribution >= 0.6 is 0 Å². The lowest BCUT2D eigenvalue weighted by Crippen LogP contribution is -2.68. The minimum absolute atomic E-state index is 0.0779. The number of nitrogens with zero attached hydrogens (tertiary/aromatic N) is 3. The fourth-order valence-electron chi connectivity index (χ4n) is 3.85. The zero-order valence-corrected chi connectivity index (χ0v) is 14.9. The molecule has 3 fully saturated rings. The summed E-state index contributed by atoms with van der Waals surface area (Å²) in [5.74, 6) is 0.0779. The Hall–Kier alpha value is -0.920. The van der Waals surface area contributed by atoms with E-state index in [4.69, 9.17) is 0 Å². The Bertz CT molecular complexity index is 600. The SMILES string of the molecule is C=CCN1CCN(C(C)C)C(=O)C12CCN(S(=O)(=O)C1CC1)C2. The molecule has 0 radical (unpaired) electrons. The monoisotopic (exact) mass is 341 g/mol. The third kappa shape index (κ3) is 2.72. The van der Waals surface area contributed by atoms with E-state index >= 15 is 0 Å². The average Bonchev–Trinajstić information content (AvgIpc) is 3.25. The normalized spacial score (nSPS) is 30.6. The van der Waals surface area contributed by atoms with Gasteiger partial charge in [0.1, 0.15) is 5.54 Å². The third-order valence-corrected chi connectivity index (χ3v) is 7.71. The van der Waals surface area contributed by atoms with Crippen molar-refractivity contribution in [1.82, 2.24) is 14.1 Å². The van der Waals surface area contributed by atoms with Crippen molar-refractivity contribution in [2.45, 2.75) is 49.9 Å². The molecule has 3 rings (SSSR count). The van der Waals surface area contributed by atoms with Gasteiger partial charge in [-0.1, -0.05) is 6.08 Å². The molecule has 3 aliphatic rings. The summed E-state index contributed by atoms with van der Waals surface area (Å²) in [5.41, 5.74) is -0.710. The Balaban J connectivity index is 1.89. The number of hydrogen-bond donors (Lipinski definition) is 0. The van der Waals surface area contributed by atoms with E-state index in [9.17, 15) is 13.2 Å². The van der Waals surface area contributed by atoms with Gasteiger partial charge >= 0.3 is 0 Å². The van der Waals surface area contributed by atoms with E-state index in [0.717, 1.165) is 19.4 Å². The average molecular weight is 341 g/mol. The number of sulfonamides is 1. The molecule has 1 unspecified atom stereocenters. The van der Waals surface area contributed by atoms with Crippen LogP contribution in [0.3, 0.4) is 0 Å². The molecule has 2 aliphatic heterocycles. The molecule has 6 nitrogen and oxygen atoms in total. The van der Waals surface area contributed by atoms with Gasteiger partial charge in [0.2, 0.25) is 15.9 Å². The van der Waals surface area contributed by atoms with E-state index in [0.29, 0.717) is 32.6 Å². The van der Waals surface area contributed by atoms with Gasteiger partial charge in [0, 0.05) is 38.8 Å². The minimum atomic E-state index is -3.23. The van der Waals surface area contributed by atoms with Crippen molar-refractivity contribution in [3.05, 3.63) is 12.7 Å². The molecule has 0 bridgehead atoms. The molecular weight excluding hydrogens is 314 g/mol. The maximum absolute atomic E-state index is 13.2. The van der Waals surface area contributed by atoms with Gasteiger partial charge in [0.05, 0.1) is 5.25 Å². The first-order valence-electron chi connectivity index (χ1n) is 8.49. The summed E-state index contributed by atoms with van der Waals surface area (Å²) in [5, 5.41) is -0.217. The fraction of sp³-hybridized carbons (Fsp3) is 0.812. The van der Waals surface area contributed by atoms with Gasteiger partial charge in [-0.15, -0.1) is 6.58 Å². The van der Waals surface area contributed by atoms with Crippen LogP contribution in [-0.4, -0.2) is 78.0 Å². The highest BCUT2D eigenvalue weighted by Gasteiger charge is 2.56. The zero-order valence-electron chi connectivity index (χ0n) is 14.1. The lowest BCUT2D eigenvalue weighted by Gasteiger charge is -2.48. The van der Waals surface area contributed by atoms with Crippen LogP contribution in [0.15, 0.2) is 12.7 Å². The summed E-state index contributed by atoms with van der Waals surface area (Å²) in [6.07, 6.45) is 3.90. The summed E-state index contributed by atoms with van der Waals surface area (Å²) in [4.78, 5) is 17.2. The van der Waals surface area contributed by atoms with Crippen molar-refractivity contribution in [3.8, 4) is 0 Å². The number of carbonyl (C=O) groups is 1. The second kappa shape index (κ2) is 5.86. The van der Waals surface area contributed by atoms with Crippen LogP contribution in [0.2, 0.25) is 0 Å². The molecule has 1 amide bonds. The van der Waals surface area contributed by atoms with Gasteiger partial charge in [-0.2, -0.15) is 4.31 Å². The number of piperazine rings is 1. The summed E-state index contributed by atoms with van der Waals surface area (Å²) in [6.45, 7) is 10.7. The van der Waals surface area contributed by atoms with E-state index in [1.54, 1.807) is 10.4 Å². The van der Waals surface area contributed by atoms with Gasteiger partial charge in [-0.3, -0.25) is 9.69 Å². The van der Waals surface area contributed by atoms with Crippen LogP contribution in [0.1, 0.15) is 33.1 Å². The van der Waals surface area contributed by atoms with Gasteiger partial charge in [-0.25, -0.2) is 8.42 Å². The highest BCUT2D eigenvalue weighted by atomic mass is 32.2. The second-order valence-electron chi connectivity index (χ2n) is 7.19. The topological polar surface area (TPSA) is 60.9 Å². The van der Waals surface area contributed by atoms with Crippen molar-refractivity contribution in [2.24, 2.45) is 0 Å². The number of carbonyl (C=O) groups excluding carboxylic acids is 1. The van der Waals surface area contributed by atoms with Crippen molar-refractivity contribution in [2.75, 3.05) is 32.7 Å². The summed E-state index contributed by atoms with van der Waals surface area (Å²) < 4.78 is 26.7. The van der Waals surface area contributed by atoms with Crippen LogP contribution in [0.5, 0.6) is 0 Å². The van der Waals surface area contributed by atoms with Gasteiger partial charge in [-0.05, 0) is 33.1 Å². The molecule has 23 heavy (non-hydrogen) atoms. The predicted molar refractivity (Wildman–Crippen MR) is 89.5 cm³/mol. The highest BCUT2D eigenvalue weighted by molar-refractivity contribution is 7.90. The van der Waals surface area contributed by atoms with Crippen LogP contribution in [0.4, 0.5) is 0 Å². The Labute approximate surface area is 139 Å². The number of rotatable bonds is 5. The fourth-order valence-corrected chi connectivity index (χ4v) is 5.74. The van der Waals surface area contributed by atoms with Crippen molar-refractivity contribution < 1.29 is 13.2 Å². The smallest absolute Gasteiger partial charge is 0.244 e. The summed E-state index contributed by atoms with van der Waals surface area (Å²) >= 11 is 0. The van der Waals surface area contributed by atoms with Crippen LogP contribution in [-0.2, 0) is 14.8 Å². The molecule has 1 saturated carbocycles. The quantitative estimate of drug-likeness (QED) is 0.690. The molecule has 1 spiro atoms.